The average Bonchev–Trinajstić information content (AvgIpc) is 2.78. The number of likely N-dealkylation sites (tertiary alicyclic amines) is 1. The third-order valence-corrected chi connectivity index (χ3v) is 5.43. The molecular weight excluding hydrogens is 395 g/mol. The van der Waals surface area contributed by atoms with Crippen LogP contribution in [0.5, 0.6) is 17.2 Å². The van der Waals surface area contributed by atoms with E-state index in [0.29, 0.717) is 40.3 Å². The van der Waals surface area contributed by atoms with E-state index in [1.54, 1.807) is 36.4 Å². The fourth-order valence-electron chi connectivity index (χ4n) is 3.83. The van der Waals surface area contributed by atoms with Crippen LogP contribution in [0.2, 0.25) is 0 Å². The minimum Gasteiger partial charge on any atom is -0.492 e. The molecule has 0 bridgehead atoms. The van der Waals surface area contributed by atoms with Crippen LogP contribution in [0, 0.1) is 17.3 Å². The summed E-state index contributed by atoms with van der Waals surface area (Å²) in [5.41, 5.74) is 7.08. The molecule has 1 aliphatic rings. The number of aromatic nitrogens is 1. The number of fused-ring (bicyclic) bond motifs is 1. The lowest BCUT2D eigenvalue weighted by atomic mass is 10.1. The quantitative estimate of drug-likeness (QED) is 0.333. The molecule has 4 rings (SSSR count). The first-order valence-corrected chi connectivity index (χ1v) is 10.6. The van der Waals surface area contributed by atoms with Gasteiger partial charge in [0.1, 0.15) is 23.3 Å². The van der Waals surface area contributed by atoms with Gasteiger partial charge in [0.25, 0.3) is 0 Å². The number of nitrogens with two attached hydrogens (primary N) is 1. The van der Waals surface area contributed by atoms with Crippen LogP contribution in [-0.4, -0.2) is 36.1 Å². The van der Waals surface area contributed by atoms with E-state index in [9.17, 15) is 9.65 Å². The number of hydrogen-bond acceptors (Lipinski definition) is 6. The van der Waals surface area contributed by atoms with E-state index in [4.69, 9.17) is 15.2 Å². The van der Waals surface area contributed by atoms with Crippen molar-refractivity contribution in [3.8, 4) is 23.3 Å². The fourth-order valence-corrected chi connectivity index (χ4v) is 3.83. The Morgan fingerprint density at radius 1 is 1.06 bits per heavy atom. The summed E-state index contributed by atoms with van der Waals surface area (Å²) in [6.07, 6.45) is 4.67. The number of piperidine rings is 1. The van der Waals surface area contributed by atoms with Crippen LogP contribution in [0.4, 0.5) is 10.1 Å². The minimum absolute atomic E-state index is 0.244. The lowest BCUT2D eigenvalue weighted by molar-refractivity contribution is 0.205. The molecule has 1 aromatic heterocycles. The first kappa shape index (κ1) is 20.9. The molecule has 0 atom stereocenters. The molecule has 0 unspecified atom stereocenters. The summed E-state index contributed by atoms with van der Waals surface area (Å²) in [7, 11) is 0. The number of nitriles is 1. The zero-order valence-electron chi connectivity index (χ0n) is 17.3. The molecule has 1 fully saturated rings. The summed E-state index contributed by atoms with van der Waals surface area (Å²) in [4.78, 5) is 6.40. The number of hydrogen-bond donors (Lipinski definition) is 1. The highest BCUT2D eigenvalue weighted by molar-refractivity contribution is 5.88. The molecule has 3 aromatic rings. The molecule has 2 aromatic carbocycles. The molecule has 1 aliphatic heterocycles. The van der Waals surface area contributed by atoms with Gasteiger partial charge in [0.05, 0.1) is 23.4 Å². The second kappa shape index (κ2) is 9.63. The number of nitrogens with zero attached hydrogens (tertiary/aromatic N) is 3. The number of halogens is 1. The molecule has 6 nitrogen and oxygen atoms in total. The molecule has 1 saturated heterocycles. The maximum atomic E-state index is 14.2. The average molecular weight is 420 g/mol. The van der Waals surface area contributed by atoms with Crippen LogP contribution in [0.3, 0.4) is 0 Å². The molecule has 2 heterocycles. The van der Waals surface area contributed by atoms with Gasteiger partial charge in [0.2, 0.25) is 5.95 Å². The summed E-state index contributed by atoms with van der Waals surface area (Å²) < 4.78 is 25.9. The number of para-hydroxylation sites is 2. The summed E-state index contributed by atoms with van der Waals surface area (Å²) >= 11 is 0. The zero-order valence-corrected chi connectivity index (χ0v) is 17.3. The van der Waals surface area contributed by atoms with Crippen molar-refractivity contribution in [2.75, 3.05) is 32.0 Å². The van der Waals surface area contributed by atoms with E-state index in [1.165, 1.54) is 25.3 Å². The normalized spacial score (nSPS) is 14.3. The van der Waals surface area contributed by atoms with Crippen LogP contribution >= 0.6 is 0 Å². The van der Waals surface area contributed by atoms with Crippen LogP contribution in [0.1, 0.15) is 31.2 Å². The van der Waals surface area contributed by atoms with Gasteiger partial charge in [-0.05, 0) is 50.6 Å². The molecule has 0 radical (unpaired) electrons. The highest BCUT2D eigenvalue weighted by atomic mass is 19.1. The van der Waals surface area contributed by atoms with Crippen molar-refractivity contribution in [2.45, 2.75) is 25.7 Å². The van der Waals surface area contributed by atoms with Gasteiger partial charge in [0.15, 0.2) is 0 Å². The van der Waals surface area contributed by atoms with Crippen LogP contribution in [0.15, 0.2) is 42.5 Å². The molecule has 0 spiro atoms. The molecule has 0 aliphatic carbocycles. The molecule has 0 amide bonds. The Morgan fingerprint density at radius 2 is 1.87 bits per heavy atom. The van der Waals surface area contributed by atoms with E-state index >= 15 is 0 Å². The molecule has 0 saturated carbocycles. The van der Waals surface area contributed by atoms with E-state index in [2.05, 4.69) is 16.0 Å². The van der Waals surface area contributed by atoms with E-state index in [-0.39, 0.29) is 5.75 Å². The lowest BCUT2D eigenvalue weighted by Crippen LogP contribution is -2.31. The Labute approximate surface area is 181 Å². The monoisotopic (exact) mass is 420 g/mol. The Hall–Kier alpha value is -3.37. The topological polar surface area (TPSA) is 84.4 Å². The van der Waals surface area contributed by atoms with Gasteiger partial charge in [-0.15, -0.1) is 0 Å². The predicted octanol–water partition coefficient (Wildman–Crippen LogP) is 4.87. The first-order valence-electron chi connectivity index (χ1n) is 10.6. The Morgan fingerprint density at radius 3 is 2.65 bits per heavy atom. The molecule has 160 valence electrons. The lowest BCUT2D eigenvalue weighted by Gasteiger charge is -2.26. The number of ether oxygens (including phenoxy) is 2. The second-order valence-corrected chi connectivity index (χ2v) is 7.66. The Bertz CT molecular complexity index is 1110. The van der Waals surface area contributed by atoms with Crippen molar-refractivity contribution in [1.82, 2.24) is 9.88 Å². The summed E-state index contributed by atoms with van der Waals surface area (Å²) in [5.74, 6) is 0.370. The van der Waals surface area contributed by atoms with Gasteiger partial charge >= 0.3 is 0 Å². The highest BCUT2D eigenvalue weighted by Crippen LogP contribution is 2.35. The van der Waals surface area contributed by atoms with Gasteiger partial charge in [-0.3, -0.25) is 0 Å². The second-order valence-electron chi connectivity index (χ2n) is 7.66. The van der Waals surface area contributed by atoms with E-state index in [1.807, 2.05) is 0 Å². The van der Waals surface area contributed by atoms with Crippen LogP contribution in [0.25, 0.3) is 10.9 Å². The largest absolute Gasteiger partial charge is 0.492 e. The maximum absolute atomic E-state index is 14.2. The molecule has 7 heteroatoms. The predicted molar refractivity (Wildman–Crippen MR) is 118 cm³/mol. The Kier molecular flexibility index (Phi) is 6.48. The van der Waals surface area contributed by atoms with Gasteiger partial charge in [0, 0.05) is 24.1 Å². The van der Waals surface area contributed by atoms with Crippen molar-refractivity contribution in [3.63, 3.8) is 0 Å². The van der Waals surface area contributed by atoms with Gasteiger partial charge in [-0.2, -0.15) is 9.65 Å². The van der Waals surface area contributed by atoms with Crippen LogP contribution < -0.4 is 15.2 Å². The number of rotatable bonds is 7. The Balaban J connectivity index is 1.54. The number of anilines is 1. The summed E-state index contributed by atoms with van der Waals surface area (Å²) in [6, 6.07) is 13.5. The number of pyridine rings is 1. The molecule has 31 heavy (non-hydrogen) atoms. The van der Waals surface area contributed by atoms with Crippen molar-refractivity contribution >= 4 is 16.6 Å². The van der Waals surface area contributed by atoms with Crippen molar-refractivity contribution in [3.05, 3.63) is 54.0 Å². The third-order valence-electron chi connectivity index (χ3n) is 5.43. The smallest absolute Gasteiger partial charge is 0.217 e. The number of nitrogen functional groups attached to an aromatic ring is 1. The SMILES string of the molecule is N#Cc1cc2c(Oc3ccccc3N)cc(F)nc2cc1OCCCN1CCCCC1. The minimum atomic E-state index is -0.683. The zero-order chi connectivity index (χ0) is 21.6. The van der Waals surface area contributed by atoms with Crippen LogP contribution in [-0.2, 0) is 0 Å². The summed E-state index contributed by atoms with van der Waals surface area (Å²) in [5, 5.41) is 10.1. The first-order chi connectivity index (χ1) is 15.1. The van der Waals surface area contributed by atoms with E-state index < -0.39 is 5.95 Å². The third kappa shape index (κ3) is 5.04. The van der Waals surface area contributed by atoms with E-state index in [0.717, 1.165) is 26.1 Å². The molecule has 2 N–H and O–H groups in total. The summed E-state index contributed by atoms with van der Waals surface area (Å²) in [6.45, 7) is 3.73. The fraction of sp³-hybridized carbons (Fsp3) is 0.333. The van der Waals surface area contributed by atoms with Gasteiger partial charge in [-0.1, -0.05) is 18.6 Å². The van der Waals surface area contributed by atoms with Gasteiger partial charge < -0.3 is 20.1 Å². The van der Waals surface area contributed by atoms with Gasteiger partial charge in [-0.25, -0.2) is 4.98 Å². The van der Waals surface area contributed by atoms with Crippen molar-refractivity contribution in [1.29, 1.82) is 5.26 Å². The number of benzene rings is 2. The highest BCUT2D eigenvalue weighted by Gasteiger charge is 2.15. The molecular formula is C24H25FN4O2. The maximum Gasteiger partial charge on any atom is 0.217 e. The standard InChI is InChI=1S/C24H25FN4O2/c25-24-15-23(31-21-8-3-2-7-19(21)27)18-13-17(16-26)22(14-20(18)28-24)30-12-6-11-29-9-4-1-5-10-29/h2-3,7-8,13-15H,1,4-6,9-12,27H2. The van der Waals surface area contributed by atoms with Crippen molar-refractivity contribution < 1.29 is 13.9 Å². The van der Waals surface area contributed by atoms with Crippen molar-refractivity contribution in [2.24, 2.45) is 0 Å².